The predicted molar refractivity (Wildman–Crippen MR) is 115 cm³/mol. The van der Waals surface area contributed by atoms with Crippen LogP contribution in [0.1, 0.15) is 10.5 Å². The number of benzene rings is 2. The normalized spacial score (nSPS) is 11.2. The summed E-state index contributed by atoms with van der Waals surface area (Å²) >= 11 is 0. The van der Waals surface area contributed by atoms with Crippen LogP contribution in [0.4, 0.5) is 17.1 Å². The fraction of sp³-hybridized carbons (Fsp3) is 0. The number of sulfonamides is 1. The molecule has 0 atom stereocenters. The van der Waals surface area contributed by atoms with Crippen LogP contribution in [0.3, 0.4) is 0 Å². The molecule has 2 aromatic heterocycles. The van der Waals surface area contributed by atoms with Gasteiger partial charge in [-0.15, -0.1) is 0 Å². The maximum Gasteiger partial charge on any atom is 0.274 e. The molecule has 150 valence electrons. The van der Waals surface area contributed by atoms with Gasteiger partial charge in [0.25, 0.3) is 5.91 Å². The molecule has 4 aromatic rings. The summed E-state index contributed by atoms with van der Waals surface area (Å²) in [4.78, 5) is 21.1. The molecular formula is C21H17N5O3S. The van der Waals surface area contributed by atoms with E-state index in [-0.39, 0.29) is 10.6 Å². The Bertz CT molecular complexity index is 1340. The van der Waals surface area contributed by atoms with E-state index >= 15 is 0 Å². The van der Waals surface area contributed by atoms with E-state index in [9.17, 15) is 13.2 Å². The minimum atomic E-state index is -3.95. The summed E-state index contributed by atoms with van der Waals surface area (Å²) in [5.74, 6) is -0.476. The first-order valence-electron chi connectivity index (χ1n) is 8.91. The zero-order chi connectivity index (χ0) is 21.1. The van der Waals surface area contributed by atoms with Crippen LogP contribution in [-0.2, 0) is 10.0 Å². The Morgan fingerprint density at radius 1 is 0.833 bits per heavy atom. The summed E-state index contributed by atoms with van der Waals surface area (Å²) in [7, 11) is -3.95. The van der Waals surface area contributed by atoms with Crippen LogP contribution in [-0.4, -0.2) is 24.3 Å². The van der Waals surface area contributed by atoms with Gasteiger partial charge in [-0.25, -0.2) is 13.6 Å². The lowest BCUT2D eigenvalue weighted by molar-refractivity contribution is 0.102. The molecule has 0 saturated carbocycles. The van der Waals surface area contributed by atoms with Gasteiger partial charge in [-0.2, -0.15) is 0 Å². The van der Waals surface area contributed by atoms with Crippen LogP contribution in [0.15, 0.2) is 84.1 Å². The number of rotatable bonds is 5. The zero-order valence-electron chi connectivity index (χ0n) is 15.6. The lowest BCUT2D eigenvalue weighted by Gasteiger charge is -2.14. The van der Waals surface area contributed by atoms with E-state index in [0.717, 1.165) is 5.69 Å². The van der Waals surface area contributed by atoms with Crippen LogP contribution >= 0.6 is 0 Å². The van der Waals surface area contributed by atoms with E-state index in [1.54, 1.807) is 42.7 Å². The number of nitrogens with zero attached hydrogens (tertiary/aromatic N) is 2. The minimum absolute atomic E-state index is 0.0591. The first-order valence-corrected chi connectivity index (χ1v) is 10.5. The fourth-order valence-electron chi connectivity index (χ4n) is 3.08. The Labute approximate surface area is 172 Å². The number of anilines is 3. The van der Waals surface area contributed by atoms with Crippen LogP contribution in [0, 0.1) is 0 Å². The maximum atomic E-state index is 13.0. The number of pyridine rings is 2. The number of fused-ring (bicyclic) bond motifs is 1. The first kappa shape index (κ1) is 19.5. The van der Waals surface area contributed by atoms with Crippen LogP contribution in [0.25, 0.3) is 10.8 Å². The van der Waals surface area contributed by atoms with E-state index in [4.69, 9.17) is 5.14 Å². The van der Waals surface area contributed by atoms with E-state index in [1.165, 1.54) is 24.4 Å². The summed E-state index contributed by atoms with van der Waals surface area (Å²) < 4.78 is 23.8. The third kappa shape index (κ3) is 3.97. The highest BCUT2D eigenvalue weighted by Crippen LogP contribution is 2.27. The lowest BCUT2D eigenvalue weighted by Crippen LogP contribution is -2.16. The van der Waals surface area contributed by atoms with Gasteiger partial charge < -0.3 is 10.6 Å². The van der Waals surface area contributed by atoms with Gasteiger partial charge in [0, 0.05) is 35.1 Å². The summed E-state index contributed by atoms with van der Waals surface area (Å²) in [6, 6.07) is 16.9. The molecule has 0 bridgehead atoms. The van der Waals surface area contributed by atoms with E-state index in [1.807, 2.05) is 12.1 Å². The number of hydrogen-bond acceptors (Lipinski definition) is 6. The fourth-order valence-corrected chi connectivity index (χ4v) is 3.83. The van der Waals surface area contributed by atoms with Gasteiger partial charge >= 0.3 is 0 Å². The average Bonchev–Trinajstić information content (AvgIpc) is 2.74. The van der Waals surface area contributed by atoms with E-state index < -0.39 is 15.9 Å². The van der Waals surface area contributed by atoms with Crippen molar-refractivity contribution in [1.82, 2.24) is 9.97 Å². The van der Waals surface area contributed by atoms with Crippen LogP contribution < -0.4 is 15.8 Å². The van der Waals surface area contributed by atoms with Crippen molar-refractivity contribution in [2.75, 3.05) is 10.6 Å². The molecule has 4 N–H and O–H groups in total. The molecule has 0 spiro atoms. The van der Waals surface area contributed by atoms with Crippen molar-refractivity contribution in [3.8, 4) is 0 Å². The lowest BCUT2D eigenvalue weighted by atomic mass is 10.1. The zero-order valence-corrected chi connectivity index (χ0v) is 16.4. The second-order valence-electron chi connectivity index (χ2n) is 6.42. The molecule has 0 aliphatic carbocycles. The molecular weight excluding hydrogens is 402 g/mol. The first-order chi connectivity index (χ1) is 14.4. The standard InChI is InChI=1S/C21H17N5O3S/c22-30(28,29)19-7-3-4-16-15(19)10-13-24-20(16)21(27)26-18-6-2-1-5-17(18)25-14-8-11-23-12-9-14/h1-13H,(H,23,25)(H,26,27)(H2,22,28,29). The largest absolute Gasteiger partial charge is 0.354 e. The second kappa shape index (κ2) is 7.90. The molecule has 0 saturated heterocycles. The average molecular weight is 419 g/mol. The Morgan fingerprint density at radius 3 is 2.30 bits per heavy atom. The number of para-hydroxylation sites is 2. The quantitative estimate of drug-likeness (QED) is 0.456. The van der Waals surface area contributed by atoms with Gasteiger partial charge in [0.1, 0.15) is 5.69 Å². The number of aromatic nitrogens is 2. The molecule has 30 heavy (non-hydrogen) atoms. The molecule has 9 heteroatoms. The smallest absolute Gasteiger partial charge is 0.274 e. The summed E-state index contributed by atoms with van der Waals surface area (Å²) in [5, 5.41) is 12.1. The molecule has 0 fully saturated rings. The van der Waals surface area contributed by atoms with Crippen LogP contribution in [0.2, 0.25) is 0 Å². The van der Waals surface area contributed by atoms with Crippen molar-refractivity contribution < 1.29 is 13.2 Å². The van der Waals surface area contributed by atoms with Crippen molar-refractivity contribution in [3.05, 3.63) is 84.9 Å². The number of nitrogens with one attached hydrogen (secondary N) is 2. The number of primary sulfonamides is 1. The van der Waals surface area contributed by atoms with Crippen LogP contribution in [0.5, 0.6) is 0 Å². The molecule has 1 amide bonds. The predicted octanol–water partition coefficient (Wildman–Crippen LogP) is 3.27. The van der Waals surface area contributed by atoms with E-state index in [0.29, 0.717) is 22.1 Å². The highest BCUT2D eigenvalue weighted by molar-refractivity contribution is 7.89. The second-order valence-corrected chi connectivity index (χ2v) is 7.95. The summed E-state index contributed by atoms with van der Waals surface area (Å²) in [5.41, 5.74) is 2.13. The summed E-state index contributed by atoms with van der Waals surface area (Å²) in [6.07, 6.45) is 4.70. The summed E-state index contributed by atoms with van der Waals surface area (Å²) in [6.45, 7) is 0. The third-order valence-corrected chi connectivity index (χ3v) is 5.39. The number of hydrogen-bond donors (Lipinski definition) is 3. The Kier molecular flexibility index (Phi) is 5.13. The van der Waals surface area contributed by atoms with Crippen molar-refractivity contribution in [3.63, 3.8) is 0 Å². The van der Waals surface area contributed by atoms with Gasteiger partial charge in [0.2, 0.25) is 10.0 Å². The minimum Gasteiger partial charge on any atom is -0.354 e. The van der Waals surface area contributed by atoms with Gasteiger partial charge in [-0.3, -0.25) is 14.8 Å². The van der Waals surface area contributed by atoms with Gasteiger partial charge in [0.05, 0.1) is 16.3 Å². The Hall–Kier alpha value is -3.82. The molecule has 0 radical (unpaired) electrons. The number of amides is 1. The molecule has 4 rings (SSSR count). The molecule has 2 aromatic carbocycles. The highest BCUT2D eigenvalue weighted by atomic mass is 32.2. The van der Waals surface area contributed by atoms with Gasteiger partial charge in [-0.1, -0.05) is 24.3 Å². The van der Waals surface area contributed by atoms with Crippen molar-refractivity contribution in [1.29, 1.82) is 0 Å². The molecule has 0 unspecified atom stereocenters. The van der Waals surface area contributed by atoms with Crippen molar-refractivity contribution in [2.24, 2.45) is 5.14 Å². The molecule has 8 nitrogen and oxygen atoms in total. The highest BCUT2D eigenvalue weighted by Gasteiger charge is 2.18. The van der Waals surface area contributed by atoms with Gasteiger partial charge in [-0.05, 0) is 36.4 Å². The SMILES string of the molecule is NS(=O)(=O)c1cccc2c(C(=O)Nc3ccccc3Nc3ccncc3)nccc12. The van der Waals surface area contributed by atoms with E-state index in [2.05, 4.69) is 20.6 Å². The molecule has 0 aliphatic rings. The number of carbonyl (C=O) groups is 1. The number of nitrogens with two attached hydrogens (primary N) is 1. The van der Waals surface area contributed by atoms with Crippen molar-refractivity contribution in [2.45, 2.75) is 4.90 Å². The topological polar surface area (TPSA) is 127 Å². The molecule has 0 aliphatic heterocycles. The Morgan fingerprint density at radius 2 is 1.57 bits per heavy atom. The molecule has 2 heterocycles. The monoisotopic (exact) mass is 419 g/mol. The third-order valence-electron chi connectivity index (χ3n) is 4.42. The van der Waals surface area contributed by atoms with Gasteiger partial charge in [0.15, 0.2) is 0 Å². The maximum absolute atomic E-state index is 13.0. The Balaban J connectivity index is 1.70. The van der Waals surface area contributed by atoms with Crippen molar-refractivity contribution >= 4 is 43.8 Å². The number of carbonyl (C=O) groups excluding carboxylic acids is 1.